The van der Waals surface area contributed by atoms with Gasteiger partial charge in [-0.1, -0.05) is 12.1 Å². The Kier molecular flexibility index (Phi) is 3.97. The lowest BCUT2D eigenvalue weighted by Gasteiger charge is -2.06. The Labute approximate surface area is 112 Å². The molecule has 4 nitrogen and oxygen atoms in total. The molecule has 1 N–H and O–H groups in total. The number of amidine groups is 1. The highest BCUT2D eigenvalue weighted by Gasteiger charge is 2.30. The minimum absolute atomic E-state index is 0.112. The first kappa shape index (κ1) is 13.4. The second kappa shape index (κ2) is 5.32. The van der Waals surface area contributed by atoms with E-state index in [0.29, 0.717) is 16.3 Å². The Bertz CT molecular complexity index is 567. The maximum Gasteiger partial charge on any atom is 0.263 e. The molecule has 0 amide bonds. The van der Waals surface area contributed by atoms with E-state index in [9.17, 15) is 8.42 Å². The van der Waals surface area contributed by atoms with Gasteiger partial charge in [-0.15, -0.1) is 0 Å². The molecule has 0 radical (unpaired) electrons. The number of thioether (sulfide) groups is 1. The first-order valence-corrected chi connectivity index (χ1v) is 8.61. The van der Waals surface area contributed by atoms with Crippen LogP contribution in [0.2, 0.25) is 0 Å². The highest BCUT2D eigenvalue weighted by molar-refractivity contribution is 7.98. The average molecular weight is 284 g/mol. The first-order chi connectivity index (χ1) is 8.54. The van der Waals surface area contributed by atoms with Crippen LogP contribution in [0.5, 0.6) is 0 Å². The van der Waals surface area contributed by atoms with Crippen molar-refractivity contribution < 1.29 is 8.42 Å². The largest absolute Gasteiger partial charge is 0.264 e. The summed E-state index contributed by atoms with van der Waals surface area (Å²) in [6.45, 7) is 2.00. The molecule has 0 spiro atoms. The summed E-state index contributed by atoms with van der Waals surface area (Å²) in [6.07, 6.45) is 2.99. The monoisotopic (exact) mass is 284 g/mol. The van der Waals surface area contributed by atoms with Gasteiger partial charge in [0.05, 0.1) is 10.9 Å². The Balaban J connectivity index is 2.30. The Morgan fingerprint density at radius 2 is 2.11 bits per heavy atom. The summed E-state index contributed by atoms with van der Waals surface area (Å²) in [4.78, 5) is 4.78. The molecule has 0 saturated heterocycles. The fourth-order valence-corrected chi connectivity index (χ4v) is 3.62. The highest BCUT2D eigenvalue weighted by Crippen LogP contribution is 2.22. The predicted octanol–water partition coefficient (Wildman–Crippen LogP) is 1.87. The lowest BCUT2D eigenvalue weighted by atomic mass is 10.2. The molecule has 1 aromatic rings. The van der Waals surface area contributed by atoms with Crippen LogP contribution in [0.4, 0.5) is 0 Å². The molecule has 2 rings (SSSR count). The topological polar surface area (TPSA) is 58.5 Å². The molecule has 6 heteroatoms. The molecule has 18 heavy (non-hydrogen) atoms. The van der Waals surface area contributed by atoms with Gasteiger partial charge in [0.25, 0.3) is 10.0 Å². The van der Waals surface area contributed by atoms with E-state index in [1.165, 1.54) is 0 Å². The summed E-state index contributed by atoms with van der Waals surface area (Å²) in [5.41, 5.74) is 0.675. The zero-order valence-electron chi connectivity index (χ0n) is 10.4. The molecule has 0 aromatic heterocycles. The molecule has 0 bridgehead atoms. The molecule has 0 saturated carbocycles. The maximum absolute atomic E-state index is 11.9. The smallest absolute Gasteiger partial charge is 0.263 e. The van der Waals surface area contributed by atoms with E-state index >= 15 is 0 Å². The summed E-state index contributed by atoms with van der Waals surface area (Å²) in [7, 11) is -3.41. The maximum atomic E-state index is 11.9. The number of sulfonamides is 1. The molecule has 1 unspecified atom stereocenters. The molecular weight excluding hydrogens is 268 g/mol. The van der Waals surface area contributed by atoms with Gasteiger partial charge in [-0.3, -0.25) is 9.71 Å². The van der Waals surface area contributed by atoms with Crippen molar-refractivity contribution in [3.05, 3.63) is 29.8 Å². The lowest BCUT2D eigenvalue weighted by molar-refractivity contribution is 0.595. The molecule has 0 aliphatic carbocycles. The van der Waals surface area contributed by atoms with Crippen LogP contribution in [0.25, 0.3) is 0 Å². The van der Waals surface area contributed by atoms with Crippen molar-refractivity contribution in [2.45, 2.75) is 24.3 Å². The van der Waals surface area contributed by atoms with Crippen LogP contribution < -0.4 is 4.72 Å². The number of fused-ring (bicyclic) bond motifs is 1. The van der Waals surface area contributed by atoms with E-state index in [1.54, 1.807) is 30.0 Å². The van der Waals surface area contributed by atoms with E-state index in [1.807, 2.05) is 19.2 Å². The third-order valence-electron chi connectivity index (χ3n) is 2.75. The zero-order valence-corrected chi connectivity index (χ0v) is 12.0. The third kappa shape index (κ3) is 2.70. The van der Waals surface area contributed by atoms with Crippen molar-refractivity contribution in [1.82, 2.24) is 4.72 Å². The highest BCUT2D eigenvalue weighted by atomic mass is 32.2. The van der Waals surface area contributed by atoms with Crippen LogP contribution in [0, 0.1) is 0 Å². The van der Waals surface area contributed by atoms with Gasteiger partial charge in [0, 0.05) is 5.56 Å². The molecular formula is C12H16N2O2S2. The van der Waals surface area contributed by atoms with E-state index in [0.717, 1.165) is 12.2 Å². The summed E-state index contributed by atoms with van der Waals surface area (Å²) >= 11 is 1.77. The molecule has 1 aliphatic heterocycles. The van der Waals surface area contributed by atoms with E-state index in [-0.39, 0.29) is 6.04 Å². The van der Waals surface area contributed by atoms with Crippen molar-refractivity contribution in [2.75, 3.05) is 12.0 Å². The Hall–Kier alpha value is -1.01. The van der Waals surface area contributed by atoms with Crippen LogP contribution in [0.3, 0.4) is 0 Å². The van der Waals surface area contributed by atoms with E-state index in [2.05, 4.69) is 9.71 Å². The van der Waals surface area contributed by atoms with Gasteiger partial charge in [0.15, 0.2) is 0 Å². The predicted molar refractivity (Wildman–Crippen MR) is 75.8 cm³/mol. The summed E-state index contributed by atoms with van der Waals surface area (Å²) in [6, 6.07) is 7.04. The lowest BCUT2D eigenvalue weighted by Crippen LogP contribution is -2.23. The second-order valence-corrected chi connectivity index (χ2v) is 6.85. The second-order valence-electron chi connectivity index (χ2n) is 4.21. The van der Waals surface area contributed by atoms with E-state index in [4.69, 9.17) is 0 Å². The van der Waals surface area contributed by atoms with Gasteiger partial charge >= 0.3 is 0 Å². The van der Waals surface area contributed by atoms with Crippen molar-refractivity contribution in [2.24, 2.45) is 4.99 Å². The SMILES string of the molecule is CSCCC(C)N=C1NS(=O)(=O)c2ccccc21. The molecule has 1 atom stereocenters. The fourth-order valence-electron chi connectivity index (χ4n) is 1.80. The number of hydrogen-bond donors (Lipinski definition) is 1. The normalized spacial score (nSPS) is 20.4. The number of nitrogens with one attached hydrogen (secondary N) is 1. The summed E-state index contributed by atoms with van der Waals surface area (Å²) in [5, 5.41) is 0. The van der Waals surface area contributed by atoms with Crippen molar-refractivity contribution in [3.8, 4) is 0 Å². The molecule has 1 aromatic carbocycles. The number of rotatable bonds is 4. The Morgan fingerprint density at radius 3 is 2.83 bits per heavy atom. The molecule has 1 aliphatic rings. The molecule has 1 heterocycles. The van der Waals surface area contributed by atoms with Crippen LogP contribution in [0.15, 0.2) is 34.2 Å². The van der Waals surface area contributed by atoms with Gasteiger partial charge in [0.2, 0.25) is 0 Å². The number of nitrogens with zero attached hydrogens (tertiary/aromatic N) is 1. The average Bonchev–Trinajstić information content (AvgIpc) is 2.59. The summed E-state index contributed by atoms with van der Waals surface area (Å²) in [5.74, 6) is 1.49. The Morgan fingerprint density at radius 1 is 1.39 bits per heavy atom. The third-order valence-corrected chi connectivity index (χ3v) is 4.79. The minimum atomic E-state index is -3.41. The molecule has 0 fully saturated rings. The van der Waals surface area contributed by atoms with Crippen LogP contribution in [0.1, 0.15) is 18.9 Å². The standard InChI is InChI=1S/C12H16N2O2S2/c1-9(7-8-17-2)13-12-10-5-3-4-6-11(10)18(15,16)14-12/h3-6,9H,7-8H2,1-2H3,(H,13,14). The van der Waals surface area contributed by atoms with Gasteiger partial charge in [0.1, 0.15) is 5.84 Å². The zero-order chi connectivity index (χ0) is 13.2. The number of aliphatic imine (C=N–C) groups is 1. The fraction of sp³-hybridized carbons (Fsp3) is 0.417. The minimum Gasteiger partial charge on any atom is -0.264 e. The van der Waals surface area contributed by atoms with Gasteiger partial charge in [-0.05, 0) is 37.5 Å². The first-order valence-electron chi connectivity index (χ1n) is 5.73. The number of hydrogen-bond acceptors (Lipinski definition) is 4. The van der Waals surface area contributed by atoms with Crippen LogP contribution in [-0.4, -0.2) is 32.3 Å². The van der Waals surface area contributed by atoms with E-state index < -0.39 is 10.0 Å². The van der Waals surface area contributed by atoms with Crippen molar-refractivity contribution >= 4 is 27.6 Å². The van der Waals surface area contributed by atoms with Gasteiger partial charge < -0.3 is 0 Å². The van der Waals surface area contributed by atoms with Gasteiger partial charge in [-0.2, -0.15) is 11.8 Å². The summed E-state index contributed by atoms with van der Waals surface area (Å²) < 4.78 is 26.2. The quantitative estimate of drug-likeness (QED) is 0.918. The van der Waals surface area contributed by atoms with Crippen LogP contribution >= 0.6 is 11.8 Å². The van der Waals surface area contributed by atoms with Crippen LogP contribution in [-0.2, 0) is 10.0 Å². The number of benzene rings is 1. The van der Waals surface area contributed by atoms with Crippen molar-refractivity contribution in [3.63, 3.8) is 0 Å². The van der Waals surface area contributed by atoms with Gasteiger partial charge in [-0.25, -0.2) is 8.42 Å². The van der Waals surface area contributed by atoms with Crippen molar-refractivity contribution in [1.29, 1.82) is 0 Å². The molecule has 98 valence electrons.